The molecule has 0 spiro atoms. The van der Waals surface area contributed by atoms with Gasteiger partial charge in [0.15, 0.2) is 0 Å². The van der Waals surface area contributed by atoms with Crippen molar-refractivity contribution in [3.05, 3.63) is 26.9 Å². The molecule has 1 aromatic heterocycles. The highest BCUT2D eigenvalue weighted by molar-refractivity contribution is 9.11. The lowest BCUT2D eigenvalue weighted by atomic mass is 10.2. The van der Waals surface area contributed by atoms with Gasteiger partial charge in [-0.2, -0.15) is 0 Å². The lowest BCUT2D eigenvalue weighted by molar-refractivity contribution is -0.138. The summed E-state index contributed by atoms with van der Waals surface area (Å²) in [6.45, 7) is 0. The number of hydrogen-bond donors (Lipinski definition) is 1. The zero-order valence-electron chi connectivity index (χ0n) is 7.08. The highest BCUT2D eigenvalue weighted by Crippen LogP contribution is 2.48. The van der Waals surface area contributed by atoms with Crippen LogP contribution in [0.3, 0.4) is 0 Å². The lowest BCUT2D eigenvalue weighted by Gasteiger charge is -2.01. The van der Waals surface area contributed by atoms with Gasteiger partial charge in [0.2, 0.25) is 0 Å². The van der Waals surface area contributed by atoms with E-state index in [9.17, 15) is 4.79 Å². The smallest absolute Gasteiger partial charge is 0.307 e. The quantitative estimate of drug-likeness (QED) is 0.911. The summed E-state index contributed by atoms with van der Waals surface area (Å²) in [4.78, 5) is 14.9. The number of carbonyl (C=O) groups is 1. The molecule has 0 radical (unpaired) electrons. The molecule has 0 amide bonds. The molecule has 0 aliphatic heterocycles. The third-order valence-corrected chi connectivity index (χ3v) is 3.36. The Kier molecular flexibility index (Phi) is 2.62. The van der Waals surface area contributed by atoms with E-state index in [2.05, 4.69) is 36.8 Å². The Morgan fingerprint density at radius 3 is 2.79 bits per heavy atom. The second kappa shape index (κ2) is 3.62. The summed E-state index contributed by atoms with van der Waals surface area (Å²) in [6, 6.07) is 1.89. The summed E-state index contributed by atoms with van der Waals surface area (Å²) >= 11 is 6.68. The van der Waals surface area contributed by atoms with Gasteiger partial charge in [-0.05, 0) is 44.3 Å². The van der Waals surface area contributed by atoms with Crippen molar-refractivity contribution in [2.24, 2.45) is 5.92 Å². The summed E-state index contributed by atoms with van der Waals surface area (Å²) in [6.07, 6.45) is 2.39. The standard InChI is InChI=1S/C9H7Br2NO2/c10-4-1-7(11)8(12-3-4)5-2-6(5)9(13)14/h1,3,5-6H,2H2,(H,13,14). The summed E-state index contributed by atoms with van der Waals surface area (Å²) in [5.74, 6) is -0.901. The number of halogens is 2. The number of nitrogens with zero attached hydrogens (tertiary/aromatic N) is 1. The topological polar surface area (TPSA) is 50.2 Å². The van der Waals surface area contributed by atoms with Gasteiger partial charge in [-0.15, -0.1) is 0 Å². The minimum atomic E-state index is -0.730. The van der Waals surface area contributed by atoms with E-state index in [0.717, 1.165) is 14.6 Å². The van der Waals surface area contributed by atoms with E-state index in [1.807, 2.05) is 6.07 Å². The van der Waals surface area contributed by atoms with Gasteiger partial charge in [0.1, 0.15) is 0 Å². The molecule has 1 aromatic rings. The van der Waals surface area contributed by atoms with Crippen molar-refractivity contribution in [3.63, 3.8) is 0 Å². The molecular weight excluding hydrogens is 314 g/mol. The SMILES string of the molecule is O=C(O)C1CC1c1ncc(Br)cc1Br. The van der Waals surface area contributed by atoms with E-state index >= 15 is 0 Å². The fourth-order valence-electron chi connectivity index (χ4n) is 1.47. The largest absolute Gasteiger partial charge is 0.481 e. The first kappa shape index (κ1) is 10.1. The van der Waals surface area contributed by atoms with E-state index in [1.165, 1.54) is 0 Å². The normalized spacial score (nSPS) is 24.7. The number of aromatic nitrogens is 1. The molecule has 1 aliphatic carbocycles. The van der Waals surface area contributed by atoms with Gasteiger partial charge in [-0.3, -0.25) is 9.78 Å². The number of pyridine rings is 1. The Morgan fingerprint density at radius 2 is 2.29 bits per heavy atom. The molecule has 1 N–H and O–H groups in total. The highest BCUT2D eigenvalue weighted by Gasteiger charge is 2.46. The first-order chi connectivity index (χ1) is 6.59. The third kappa shape index (κ3) is 1.83. The van der Waals surface area contributed by atoms with Crippen LogP contribution in [0.25, 0.3) is 0 Å². The molecule has 1 saturated carbocycles. The van der Waals surface area contributed by atoms with Crippen LogP contribution in [0.5, 0.6) is 0 Å². The van der Waals surface area contributed by atoms with Gasteiger partial charge < -0.3 is 5.11 Å². The first-order valence-electron chi connectivity index (χ1n) is 4.13. The van der Waals surface area contributed by atoms with Gasteiger partial charge in [-0.25, -0.2) is 0 Å². The predicted molar refractivity (Wildman–Crippen MR) is 58.1 cm³/mol. The number of carboxylic acid groups (broad SMARTS) is 1. The van der Waals surface area contributed by atoms with Crippen molar-refractivity contribution in [2.45, 2.75) is 12.3 Å². The summed E-state index contributed by atoms with van der Waals surface area (Å²) in [7, 11) is 0. The Hall–Kier alpha value is -0.420. The van der Waals surface area contributed by atoms with E-state index in [4.69, 9.17) is 5.11 Å². The van der Waals surface area contributed by atoms with E-state index < -0.39 is 5.97 Å². The predicted octanol–water partition coefficient (Wildman–Crippen LogP) is 2.79. The lowest BCUT2D eigenvalue weighted by Crippen LogP contribution is -2.00. The van der Waals surface area contributed by atoms with Gasteiger partial charge in [0, 0.05) is 21.1 Å². The number of aliphatic carboxylic acids is 1. The van der Waals surface area contributed by atoms with Gasteiger partial charge in [0.25, 0.3) is 0 Å². The summed E-state index contributed by atoms with van der Waals surface area (Å²) in [5.41, 5.74) is 0.848. The second-order valence-corrected chi connectivity index (χ2v) is 5.08. The Morgan fingerprint density at radius 1 is 1.57 bits per heavy atom. The molecule has 1 aliphatic rings. The molecule has 3 nitrogen and oxygen atoms in total. The van der Waals surface area contributed by atoms with Crippen LogP contribution in [0.4, 0.5) is 0 Å². The fraction of sp³-hybridized carbons (Fsp3) is 0.333. The van der Waals surface area contributed by atoms with Crippen LogP contribution in [0, 0.1) is 5.92 Å². The zero-order chi connectivity index (χ0) is 10.3. The highest BCUT2D eigenvalue weighted by atomic mass is 79.9. The molecule has 0 bridgehead atoms. The third-order valence-electron chi connectivity index (χ3n) is 2.30. The first-order valence-corrected chi connectivity index (χ1v) is 5.72. The zero-order valence-corrected chi connectivity index (χ0v) is 10.2. The van der Waals surface area contributed by atoms with Crippen LogP contribution in [0.2, 0.25) is 0 Å². The van der Waals surface area contributed by atoms with Crippen LogP contribution >= 0.6 is 31.9 Å². The van der Waals surface area contributed by atoms with Gasteiger partial charge in [-0.1, -0.05) is 0 Å². The number of carboxylic acids is 1. The molecule has 14 heavy (non-hydrogen) atoms. The van der Waals surface area contributed by atoms with Crippen LogP contribution in [0.15, 0.2) is 21.2 Å². The van der Waals surface area contributed by atoms with Gasteiger partial charge in [0.05, 0.1) is 11.6 Å². The Bertz CT molecular complexity index is 394. The maximum atomic E-state index is 10.7. The van der Waals surface area contributed by atoms with Crippen molar-refractivity contribution in [2.75, 3.05) is 0 Å². The molecule has 1 fully saturated rings. The van der Waals surface area contributed by atoms with Crippen LogP contribution in [-0.4, -0.2) is 16.1 Å². The number of rotatable bonds is 2. The summed E-state index contributed by atoms with van der Waals surface area (Å²) in [5, 5.41) is 8.78. The molecule has 74 valence electrons. The van der Waals surface area contributed by atoms with Crippen molar-refractivity contribution >= 4 is 37.8 Å². The van der Waals surface area contributed by atoms with E-state index in [-0.39, 0.29) is 11.8 Å². The monoisotopic (exact) mass is 319 g/mol. The van der Waals surface area contributed by atoms with Crippen molar-refractivity contribution in [1.82, 2.24) is 4.98 Å². The molecule has 2 atom stereocenters. The van der Waals surface area contributed by atoms with Gasteiger partial charge >= 0.3 is 5.97 Å². The molecule has 5 heteroatoms. The van der Waals surface area contributed by atoms with E-state index in [0.29, 0.717) is 6.42 Å². The van der Waals surface area contributed by atoms with E-state index in [1.54, 1.807) is 6.20 Å². The molecular formula is C9H7Br2NO2. The van der Waals surface area contributed by atoms with Crippen molar-refractivity contribution < 1.29 is 9.90 Å². The minimum Gasteiger partial charge on any atom is -0.481 e. The molecule has 1 heterocycles. The molecule has 2 unspecified atom stereocenters. The Balaban J connectivity index is 2.23. The summed E-state index contributed by atoms with van der Waals surface area (Å²) < 4.78 is 1.77. The van der Waals surface area contributed by atoms with Crippen molar-refractivity contribution in [3.8, 4) is 0 Å². The average Bonchev–Trinajstić information content (AvgIpc) is 2.83. The maximum absolute atomic E-state index is 10.7. The second-order valence-electron chi connectivity index (χ2n) is 3.31. The fourth-order valence-corrected chi connectivity index (χ4v) is 2.75. The average molecular weight is 321 g/mol. The molecule has 2 rings (SSSR count). The van der Waals surface area contributed by atoms with Crippen LogP contribution in [-0.2, 0) is 4.79 Å². The van der Waals surface area contributed by atoms with Crippen molar-refractivity contribution in [1.29, 1.82) is 0 Å². The number of hydrogen-bond acceptors (Lipinski definition) is 2. The van der Waals surface area contributed by atoms with Crippen LogP contribution in [0.1, 0.15) is 18.0 Å². The van der Waals surface area contributed by atoms with Crippen LogP contribution < -0.4 is 0 Å². The minimum absolute atomic E-state index is 0.0787. The molecule has 0 aromatic carbocycles. The maximum Gasteiger partial charge on any atom is 0.307 e. The Labute approximate surface area is 97.8 Å². The molecule has 0 saturated heterocycles.